The molecule has 1 atom stereocenters. The molecule has 1 aromatic rings. The first kappa shape index (κ1) is 14.8. The lowest BCUT2D eigenvalue weighted by Crippen LogP contribution is -2.42. The summed E-state index contributed by atoms with van der Waals surface area (Å²) in [4.78, 5) is 14.4. The maximum atomic E-state index is 13.9. The van der Waals surface area contributed by atoms with E-state index in [-0.39, 0.29) is 30.4 Å². The van der Waals surface area contributed by atoms with Gasteiger partial charge in [-0.25, -0.2) is 4.39 Å². The van der Waals surface area contributed by atoms with Gasteiger partial charge < -0.3 is 9.64 Å². The molecule has 5 heteroatoms. The molecule has 0 radical (unpaired) electrons. The lowest BCUT2D eigenvalue weighted by molar-refractivity contribution is -0.147. The zero-order chi connectivity index (χ0) is 14.8. The molecule has 1 heterocycles. The molecular formula is C16H19ClFNO2. The predicted octanol–water partition coefficient (Wildman–Crippen LogP) is 3.54. The molecule has 2 aliphatic rings. The van der Waals surface area contributed by atoms with Crippen LogP contribution < -0.4 is 0 Å². The number of amides is 1. The summed E-state index contributed by atoms with van der Waals surface area (Å²) >= 11 is 6.08. The van der Waals surface area contributed by atoms with E-state index in [1.165, 1.54) is 6.07 Å². The molecule has 21 heavy (non-hydrogen) atoms. The van der Waals surface area contributed by atoms with E-state index in [1.54, 1.807) is 17.0 Å². The molecule has 1 aromatic carbocycles. The zero-order valence-electron chi connectivity index (χ0n) is 11.9. The lowest BCUT2D eigenvalue weighted by Gasteiger charge is -2.30. The third-order valence-electron chi connectivity index (χ3n) is 4.12. The number of carbonyl (C=O) groups excluding carboxylic acids is 1. The second kappa shape index (κ2) is 6.32. The topological polar surface area (TPSA) is 29.5 Å². The number of hydrogen-bond donors (Lipinski definition) is 0. The van der Waals surface area contributed by atoms with Gasteiger partial charge in [0, 0.05) is 23.2 Å². The Morgan fingerprint density at radius 1 is 1.33 bits per heavy atom. The zero-order valence-corrected chi connectivity index (χ0v) is 12.6. The molecule has 0 bridgehead atoms. The molecule has 2 fully saturated rings. The summed E-state index contributed by atoms with van der Waals surface area (Å²) in [7, 11) is 0. The van der Waals surface area contributed by atoms with Crippen LogP contribution in [0.4, 0.5) is 4.39 Å². The number of ether oxygens (including phenoxy) is 1. The molecule has 0 spiro atoms. The Balaban J connectivity index is 1.77. The van der Waals surface area contributed by atoms with Crippen LogP contribution in [0.5, 0.6) is 0 Å². The highest BCUT2D eigenvalue weighted by Crippen LogP contribution is 2.32. The van der Waals surface area contributed by atoms with Crippen molar-refractivity contribution in [2.75, 3.05) is 6.61 Å². The van der Waals surface area contributed by atoms with Gasteiger partial charge in [0.15, 0.2) is 0 Å². The standard InChI is InChI=1S/C16H19ClFNO2/c17-13-4-3-5-14(18)12(13)10-19(11-7-8-11)16(20)15-6-1-2-9-21-15/h3-5,11,15H,1-2,6-10H2/t15-/m1/s1. The highest BCUT2D eigenvalue weighted by Gasteiger charge is 2.37. The first-order chi connectivity index (χ1) is 10.2. The maximum Gasteiger partial charge on any atom is 0.252 e. The van der Waals surface area contributed by atoms with Gasteiger partial charge in [0.05, 0.1) is 6.54 Å². The fourth-order valence-corrected chi connectivity index (χ4v) is 2.97. The van der Waals surface area contributed by atoms with Gasteiger partial charge in [-0.05, 0) is 44.2 Å². The second-order valence-electron chi connectivity index (χ2n) is 5.75. The van der Waals surface area contributed by atoms with Crippen molar-refractivity contribution < 1.29 is 13.9 Å². The number of hydrogen-bond acceptors (Lipinski definition) is 2. The third-order valence-corrected chi connectivity index (χ3v) is 4.47. The minimum absolute atomic E-state index is 0.0171. The number of carbonyl (C=O) groups is 1. The Labute approximate surface area is 129 Å². The summed E-state index contributed by atoms with van der Waals surface area (Å²) in [5.74, 6) is -0.373. The minimum atomic E-state index is -0.370. The van der Waals surface area contributed by atoms with Crippen LogP contribution in [0.3, 0.4) is 0 Å². The normalized spacial score (nSPS) is 22.1. The first-order valence-corrected chi connectivity index (χ1v) is 7.89. The van der Waals surface area contributed by atoms with Crippen molar-refractivity contribution in [2.45, 2.75) is 50.8 Å². The Morgan fingerprint density at radius 3 is 2.76 bits per heavy atom. The van der Waals surface area contributed by atoms with E-state index >= 15 is 0 Å². The summed E-state index contributed by atoms with van der Waals surface area (Å²) in [5, 5.41) is 0.373. The smallest absolute Gasteiger partial charge is 0.252 e. The summed E-state index contributed by atoms with van der Waals surface area (Å²) in [5.41, 5.74) is 0.398. The number of halogens is 2. The summed E-state index contributed by atoms with van der Waals surface area (Å²) < 4.78 is 19.5. The Hall–Kier alpha value is -1.13. The van der Waals surface area contributed by atoms with Gasteiger partial charge in [0.1, 0.15) is 11.9 Å². The SMILES string of the molecule is O=C([C@H]1CCCCO1)N(Cc1c(F)cccc1Cl)C1CC1. The highest BCUT2D eigenvalue weighted by molar-refractivity contribution is 6.31. The maximum absolute atomic E-state index is 13.9. The quantitative estimate of drug-likeness (QED) is 0.851. The molecule has 0 aromatic heterocycles. The van der Waals surface area contributed by atoms with E-state index in [4.69, 9.17) is 16.3 Å². The molecule has 1 saturated heterocycles. The van der Waals surface area contributed by atoms with Crippen LogP contribution in [0.25, 0.3) is 0 Å². The largest absolute Gasteiger partial charge is 0.368 e. The molecule has 1 saturated carbocycles. The second-order valence-corrected chi connectivity index (χ2v) is 6.16. The van der Waals surface area contributed by atoms with Crippen LogP contribution in [-0.4, -0.2) is 29.6 Å². The van der Waals surface area contributed by atoms with Gasteiger partial charge in [-0.2, -0.15) is 0 Å². The lowest BCUT2D eigenvalue weighted by atomic mass is 10.1. The van der Waals surface area contributed by atoms with Crippen molar-refractivity contribution in [1.82, 2.24) is 4.90 Å². The number of rotatable bonds is 4. The minimum Gasteiger partial charge on any atom is -0.368 e. The van der Waals surface area contributed by atoms with Crippen LogP contribution in [0.15, 0.2) is 18.2 Å². The van der Waals surface area contributed by atoms with E-state index in [2.05, 4.69) is 0 Å². The average molecular weight is 312 g/mol. The summed E-state index contributed by atoms with van der Waals surface area (Å²) in [6.07, 6.45) is 4.36. The Kier molecular flexibility index (Phi) is 4.45. The van der Waals surface area contributed by atoms with Gasteiger partial charge in [0.25, 0.3) is 5.91 Å². The number of nitrogens with zero attached hydrogens (tertiary/aromatic N) is 1. The van der Waals surface area contributed by atoms with Crippen molar-refractivity contribution in [3.63, 3.8) is 0 Å². The molecular weight excluding hydrogens is 293 g/mol. The summed E-state index contributed by atoms with van der Waals surface area (Å²) in [6.45, 7) is 0.865. The van der Waals surface area contributed by atoms with E-state index in [1.807, 2.05) is 0 Å². The molecule has 1 aliphatic heterocycles. The van der Waals surface area contributed by atoms with Crippen molar-refractivity contribution in [3.8, 4) is 0 Å². The van der Waals surface area contributed by atoms with E-state index < -0.39 is 0 Å². The fourth-order valence-electron chi connectivity index (χ4n) is 2.75. The van der Waals surface area contributed by atoms with Gasteiger partial charge in [-0.3, -0.25) is 4.79 Å². The average Bonchev–Trinajstić information content (AvgIpc) is 3.32. The van der Waals surface area contributed by atoms with Crippen molar-refractivity contribution >= 4 is 17.5 Å². The van der Waals surface area contributed by atoms with E-state index in [9.17, 15) is 9.18 Å². The van der Waals surface area contributed by atoms with Crippen LogP contribution in [0.2, 0.25) is 5.02 Å². The molecule has 1 amide bonds. The van der Waals surface area contributed by atoms with Crippen molar-refractivity contribution in [2.24, 2.45) is 0 Å². The fraction of sp³-hybridized carbons (Fsp3) is 0.562. The van der Waals surface area contributed by atoms with Gasteiger partial charge in [0.2, 0.25) is 0 Å². The summed E-state index contributed by atoms with van der Waals surface area (Å²) in [6, 6.07) is 4.83. The molecule has 0 unspecified atom stereocenters. The van der Waals surface area contributed by atoms with Crippen molar-refractivity contribution in [3.05, 3.63) is 34.6 Å². The third kappa shape index (κ3) is 3.38. The first-order valence-electron chi connectivity index (χ1n) is 7.52. The van der Waals surface area contributed by atoms with E-state index in [0.29, 0.717) is 17.2 Å². The van der Waals surface area contributed by atoms with Gasteiger partial charge >= 0.3 is 0 Å². The van der Waals surface area contributed by atoms with Gasteiger partial charge in [-0.15, -0.1) is 0 Å². The molecule has 0 N–H and O–H groups in total. The molecule has 1 aliphatic carbocycles. The van der Waals surface area contributed by atoms with Crippen molar-refractivity contribution in [1.29, 1.82) is 0 Å². The monoisotopic (exact) mass is 311 g/mol. The molecule has 114 valence electrons. The van der Waals surface area contributed by atoms with Crippen LogP contribution in [0, 0.1) is 5.82 Å². The molecule has 3 nitrogen and oxygen atoms in total. The Bertz CT molecular complexity index is 507. The Morgan fingerprint density at radius 2 is 2.14 bits per heavy atom. The van der Waals surface area contributed by atoms with Gasteiger partial charge in [-0.1, -0.05) is 17.7 Å². The van der Waals surface area contributed by atoms with Crippen LogP contribution in [-0.2, 0) is 16.1 Å². The molecule has 3 rings (SSSR count). The van der Waals surface area contributed by atoms with E-state index in [0.717, 1.165) is 32.1 Å². The highest BCUT2D eigenvalue weighted by atomic mass is 35.5. The van der Waals surface area contributed by atoms with Crippen LogP contribution >= 0.6 is 11.6 Å². The van der Waals surface area contributed by atoms with Crippen LogP contribution in [0.1, 0.15) is 37.7 Å². The number of benzene rings is 1. The predicted molar refractivity (Wildman–Crippen MR) is 78.6 cm³/mol.